The quantitative estimate of drug-likeness (QED) is 0.820. The van der Waals surface area contributed by atoms with Crippen LogP contribution in [0.25, 0.3) is 0 Å². The van der Waals surface area contributed by atoms with Gasteiger partial charge in [0.2, 0.25) is 0 Å². The molecule has 1 aromatic heterocycles. The van der Waals surface area contributed by atoms with Gasteiger partial charge in [-0.05, 0) is 24.0 Å². The van der Waals surface area contributed by atoms with Gasteiger partial charge in [-0.25, -0.2) is 9.78 Å². The number of carboxylic acid groups (broad SMARTS) is 1. The predicted molar refractivity (Wildman–Crippen MR) is 70.0 cm³/mol. The highest BCUT2D eigenvalue weighted by atomic mass is 19.4. The lowest BCUT2D eigenvalue weighted by Gasteiger charge is -2.17. The van der Waals surface area contributed by atoms with Crippen molar-refractivity contribution in [2.75, 3.05) is 31.1 Å². The number of anilines is 1. The second-order valence-corrected chi connectivity index (χ2v) is 5.07. The van der Waals surface area contributed by atoms with E-state index in [1.165, 1.54) is 26.2 Å². The lowest BCUT2D eigenvalue weighted by atomic mass is 10.0. The van der Waals surface area contributed by atoms with Crippen LogP contribution in [-0.4, -0.2) is 48.4 Å². The number of pyridine rings is 1. The number of carbonyl (C=O) groups is 1. The van der Waals surface area contributed by atoms with Gasteiger partial charge < -0.3 is 15.3 Å². The van der Waals surface area contributed by atoms with E-state index in [4.69, 9.17) is 9.90 Å². The van der Waals surface area contributed by atoms with E-state index >= 15 is 0 Å². The molecule has 2 saturated heterocycles. The molecular formula is C13H16F3N3O2. The monoisotopic (exact) mass is 303 g/mol. The number of nitrogens with one attached hydrogen (secondary N) is 1. The van der Waals surface area contributed by atoms with Crippen LogP contribution in [0.3, 0.4) is 0 Å². The van der Waals surface area contributed by atoms with Crippen molar-refractivity contribution in [1.29, 1.82) is 0 Å². The fraction of sp³-hybridized carbons (Fsp3) is 0.538. The Morgan fingerprint density at radius 1 is 1.29 bits per heavy atom. The van der Waals surface area contributed by atoms with Crippen molar-refractivity contribution in [3.63, 3.8) is 0 Å². The molecule has 3 heterocycles. The summed E-state index contributed by atoms with van der Waals surface area (Å²) in [6.45, 7) is 4.73. The van der Waals surface area contributed by atoms with E-state index in [0.717, 1.165) is 17.7 Å². The van der Waals surface area contributed by atoms with E-state index in [1.54, 1.807) is 0 Å². The zero-order chi connectivity index (χ0) is 15.5. The minimum absolute atomic E-state index is 0.844. The Morgan fingerprint density at radius 3 is 2.29 bits per heavy atom. The van der Waals surface area contributed by atoms with Crippen molar-refractivity contribution in [3.05, 3.63) is 24.4 Å². The fourth-order valence-electron chi connectivity index (χ4n) is 2.58. The molecule has 0 amide bonds. The summed E-state index contributed by atoms with van der Waals surface area (Å²) in [5.74, 6) is 0.0726. The number of hydrogen-bond donors (Lipinski definition) is 2. The second-order valence-electron chi connectivity index (χ2n) is 5.07. The molecule has 8 heteroatoms. The minimum atomic E-state index is -5.08. The standard InChI is InChI=1S/C11H15N3.C2HF3O2/c1-2-4-13-11(3-1)14-7-9-5-12-6-10(9)8-14;3-2(4,5)1(6)7/h1-4,9-10,12H,5-8H2;(H,6,7). The SMILES string of the molecule is O=C(O)C(F)(F)F.c1ccc(N2CC3CNCC3C2)nc1. The van der Waals surface area contributed by atoms with E-state index in [-0.39, 0.29) is 0 Å². The molecule has 116 valence electrons. The van der Waals surface area contributed by atoms with Crippen LogP contribution in [-0.2, 0) is 4.79 Å². The van der Waals surface area contributed by atoms with Crippen LogP contribution in [0, 0.1) is 11.8 Å². The average molecular weight is 303 g/mol. The number of hydrogen-bond acceptors (Lipinski definition) is 4. The van der Waals surface area contributed by atoms with Crippen molar-refractivity contribution in [2.24, 2.45) is 11.8 Å². The summed E-state index contributed by atoms with van der Waals surface area (Å²) in [5.41, 5.74) is 0. The molecule has 21 heavy (non-hydrogen) atoms. The van der Waals surface area contributed by atoms with Crippen LogP contribution >= 0.6 is 0 Å². The maximum absolute atomic E-state index is 10.6. The lowest BCUT2D eigenvalue weighted by Crippen LogP contribution is -2.25. The summed E-state index contributed by atoms with van der Waals surface area (Å²) in [6, 6.07) is 6.14. The Labute approximate surface area is 119 Å². The van der Waals surface area contributed by atoms with Crippen molar-refractivity contribution in [1.82, 2.24) is 10.3 Å². The molecule has 0 aromatic carbocycles. The van der Waals surface area contributed by atoms with Gasteiger partial charge in [-0.2, -0.15) is 13.2 Å². The van der Waals surface area contributed by atoms with Gasteiger partial charge in [-0.15, -0.1) is 0 Å². The maximum atomic E-state index is 10.6. The Morgan fingerprint density at radius 2 is 1.86 bits per heavy atom. The maximum Gasteiger partial charge on any atom is 0.490 e. The molecule has 0 spiro atoms. The average Bonchev–Trinajstić information content (AvgIpc) is 3.00. The van der Waals surface area contributed by atoms with Crippen molar-refractivity contribution in [2.45, 2.75) is 6.18 Å². The third-order valence-electron chi connectivity index (χ3n) is 3.61. The first-order chi connectivity index (χ1) is 9.88. The normalized spacial score (nSPS) is 24.2. The first kappa shape index (κ1) is 15.6. The summed E-state index contributed by atoms with van der Waals surface area (Å²) < 4.78 is 31.7. The van der Waals surface area contributed by atoms with E-state index in [1.807, 2.05) is 12.3 Å². The molecule has 2 aliphatic heterocycles. The molecule has 0 radical (unpaired) electrons. The van der Waals surface area contributed by atoms with Crippen molar-refractivity contribution < 1.29 is 23.1 Å². The molecule has 5 nitrogen and oxygen atoms in total. The first-order valence-corrected chi connectivity index (χ1v) is 6.54. The van der Waals surface area contributed by atoms with Crippen LogP contribution in [0.1, 0.15) is 0 Å². The van der Waals surface area contributed by atoms with Gasteiger partial charge in [0.05, 0.1) is 0 Å². The fourth-order valence-corrected chi connectivity index (χ4v) is 2.58. The molecule has 1 aromatic rings. The highest BCUT2D eigenvalue weighted by Crippen LogP contribution is 2.28. The minimum Gasteiger partial charge on any atom is -0.475 e. The summed E-state index contributed by atoms with van der Waals surface area (Å²) in [7, 11) is 0. The number of aromatic nitrogens is 1. The van der Waals surface area contributed by atoms with Gasteiger partial charge in [0, 0.05) is 32.4 Å². The number of nitrogens with zero attached hydrogens (tertiary/aromatic N) is 2. The lowest BCUT2D eigenvalue weighted by molar-refractivity contribution is -0.192. The highest BCUT2D eigenvalue weighted by molar-refractivity contribution is 5.73. The summed E-state index contributed by atoms with van der Waals surface area (Å²) in [4.78, 5) is 15.7. The molecule has 2 N–H and O–H groups in total. The summed E-state index contributed by atoms with van der Waals surface area (Å²) >= 11 is 0. The van der Waals surface area contributed by atoms with Crippen molar-refractivity contribution >= 4 is 11.8 Å². The molecule has 2 aliphatic rings. The van der Waals surface area contributed by atoms with Crippen molar-refractivity contribution in [3.8, 4) is 0 Å². The zero-order valence-electron chi connectivity index (χ0n) is 11.2. The molecule has 2 unspecified atom stereocenters. The van der Waals surface area contributed by atoms with Gasteiger partial charge in [0.1, 0.15) is 5.82 Å². The molecule has 0 saturated carbocycles. The number of rotatable bonds is 1. The van der Waals surface area contributed by atoms with Crippen LogP contribution < -0.4 is 10.2 Å². The number of fused-ring (bicyclic) bond motifs is 1. The summed E-state index contributed by atoms with van der Waals surface area (Å²) in [6.07, 6.45) is -3.21. The smallest absolute Gasteiger partial charge is 0.475 e. The first-order valence-electron chi connectivity index (χ1n) is 6.54. The molecule has 3 rings (SSSR count). The molecule has 2 fully saturated rings. The molecule has 0 bridgehead atoms. The van der Waals surface area contributed by atoms with Gasteiger partial charge in [0.15, 0.2) is 0 Å². The highest BCUT2D eigenvalue weighted by Gasteiger charge is 2.38. The second kappa shape index (κ2) is 6.30. The summed E-state index contributed by atoms with van der Waals surface area (Å²) in [5, 5.41) is 10.6. The van der Waals surface area contributed by atoms with Crippen LogP contribution in [0.5, 0.6) is 0 Å². The van der Waals surface area contributed by atoms with Crippen LogP contribution in [0.2, 0.25) is 0 Å². The van der Waals surface area contributed by atoms with Crippen LogP contribution in [0.15, 0.2) is 24.4 Å². The Bertz CT molecular complexity index is 469. The van der Waals surface area contributed by atoms with E-state index in [0.29, 0.717) is 0 Å². The Hall–Kier alpha value is -1.83. The van der Waals surface area contributed by atoms with E-state index in [9.17, 15) is 13.2 Å². The largest absolute Gasteiger partial charge is 0.490 e. The number of aliphatic carboxylic acids is 1. The zero-order valence-corrected chi connectivity index (χ0v) is 11.2. The van der Waals surface area contributed by atoms with E-state index < -0.39 is 12.1 Å². The molecule has 2 atom stereocenters. The van der Waals surface area contributed by atoms with Gasteiger partial charge >= 0.3 is 12.1 Å². The third kappa shape index (κ3) is 4.07. The third-order valence-corrected chi connectivity index (χ3v) is 3.61. The number of halogens is 3. The predicted octanol–water partition coefficient (Wildman–Crippen LogP) is 1.37. The Kier molecular flexibility index (Phi) is 4.66. The molecule has 0 aliphatic carbocycles. The molecular weight excluding hydrogens is 287 g/mol. The van der Waals surface area contributed by atoms with Gasteiger partial charge in [0.25, 0.3) is 0 Å². The Balaban J connectivity index is 0.000000199. The van der Waals surface area contributed by atoms with E-state index in [2.05, 4.69) is 27.3 Å². The van der Waals surface area contributed by atoms with Gasteiger partial charge in [-0.3, -0.25) is 0 Å². The topological polar surface area (TPSA) is 65.5 Å². The van der Waals surface area contributed by atoms with Crippen LogP contribution in [0.4, 0.5) is 19.0 Å². The number of carboxylic acids is 1. The van der Waals surface area contributed by atoms with Gasteiger partial charge in [-0.1, -0.05) is 6.07 Å². The number of alkyl halides is 3.